The van der Waals surface area contributed by atoms with Crippen molar-refractivity contribution in [2.24, 2.45) is 5.92 Å². The lowest BCUT2D eigenvalue weighted by molar-refractivity contribution is -0.137. The normalized spacial score (nSPS) is 27.7. The van der Waals surface area contributed by atoms with E-state index in [4.69, 9.17) is 0 Å². The van der Waals surface area contributed by atoms with Gasteiger partial charge in [0.15, 0.2) is 0 Å². The smallest absolute Gasteiger partial charge is 0.380 e. The van der Waals surface area contributed by atoms with E-state index in [2.05, 4.69) is 17.1 Å². The van der Waals surface area contributed by atoms with Crippen LogP contribution >= 0.6 is 0 Å². The molecule has 1 saturated heterocycles. The van der Waals surface area contributed by atoms with E-state index in [-0.39, 0.29) is 17.6 Å². The zero-order chi connectivity index (χ0) is 15.8. The molecule has 2 nitrogen and oxygen atoms in total. The lowest BCUT2D eigenvalue weighted by atomic mass is 9.89. The van der Waals surface area contributed by atoms with Crippen LogP contribution in [0.1, 0.15) is 25.8 Å². The van der Waals surface area contributed by atoms with E-state index < -0.39 is 17.6 Å². The van der Waals surface area contributed by atoms with Gasteiger partial charge in [0.05, 0.1) is 11.3 Å². The average Bonchev–Trinajstić information content (AvgIpc) is 2.37. The minimum Gasteiger partial charge on any atom is -0.380 e. The first-order valence-corrected chi connectivity index (χ1v) is 7.02. The summed E-state index contributed by atoms with van der Waals surface area (Å²) in [5.74, 6) is -0.415. The van der Waals surface area contributed by atoms with E-state index in [0.717, 1.165) is 31.2 Å². The lowest BCUT2D eigenvalue weighted by Crippen LogP contribution is -2.48. The van der Waals surface area contributed by atoms with Crippen molar-refractivity contribution < 1.29 is 17.6 Å². The summed E-state index contributed by atoms with van der Waals surface area (Å²) in [6.07, 6.45) is -3.69. The minimum absolute atomic E-state index is 0.0332. The first-order chi connectivity index (χ1) is 9.68. The monoisotopic (exact) mass is 304 g/mol. The van der Waals surface area contributed by atoms with Crippen molar-refractivity contribution in [2.45, 2.75) is 38.5 Å². The van der Waals surface area contributed by atoms with E-state index in [1.54, 1.807) is 0 Å². The van der Waals surface area contributed by atoms with Crippen molar-refractivity contribution in [1.29, 1.82) is 0 Å². The van der Waals surface area contributed by atoms with Crippen LogP contribution in [0.5, 0.6) is 0 Å². The molecule has 118 valence electrons. The van der Waals surface area contributed by atoms with Crippen LogP contribution in [-0.4, -0.2) is 30.6 Å². The number of nitrogens with one attached hydrogen (secondary N) is 1. The van der Waals surface area contributed by atoms with Gasteiger partial charge in [-0.05, 0) is 44.5 Å². The Kier molecular flexibility index (Phi) is 4.46. The molecule has 1 aliphatic heterocycles. The first kappa shape index (κ1) is 16.1. The second-order valence-corrected chi connectivity index (χ2v) is 5.94. The molecule has 0 aromatic heterocycles. The molecule has 6 heteroatoms. The predicted molar refractivity (Wildman–Crippen MR) is 74.7 cm³/mol. The summed E-state index contributed by atoms with van der Waals surface area (Å²) in [6.45, 7) is 4.91. The van der Waals surface area contributed by atoms with Crippen LogP contribution in [0.3, 0.4) is 0 Å². The number of rotatable bonds is 2. The van der Waals surface area contributed by atoms with Crippen LogP contribution in [0.15, 0.2) is 18.2 Å². The Balaban J connectivity index is 2.19. The summed E-state index contributed by atoms with van der Waals surface area (Å²) in [5, 5.41) is 2.96. The number of hydrogen-bond acceptors (Lipinski definition) is 2. The highest BCUT2D eigenvalue weighted by Crippen LogP contribution is 2.33. The van der Waals surface area contributed by atoms with Crippen LogP contribution in [-0.2, 0) is 6.18 Å². The topological polar surface area (TPSA) is 15.3 Å². The second kappa shape index (κ2) is 5.83. The molecule has 0 bridgehead atoms. The summed E-state index contributed by atoms with van der Waals surface area (Å²) >= 11 is 0. The molecule has 3 atom stereocenters. The fourth-order valence-electron chi connectivity index (χ4n) is 2.75. The fourth-order valence-corrected chi connectivity index (χ4v) is 2.75. The highest BCUT2D eigenvalue weighted by atomic mass is 19.4. The minimum atomic E-state index is -4.46. The van der Waals surface area contributed by atoms with Crippen molar-refractivity contribution in [3.05, 3.63) is 29.6 Å². The summed E-state index contributed by atoms with van der Waals surface area (Å²) in [4.78, 5) is 2.20. The van der Waals surface area contributed by atoms with Gasteiger partial charge in [0, 0.05) is 18.6 Å². The zero-order valence-electron chi connectivity index (χ0n) is 12.3. The van der Waals surface area contributed by atoms with E-state index >= 15 is 0 Å². The highest BCUT2D eigenvalue weighted by molar-refractivity contribution is 5.49. The fraction of sp³-hybridized carbons (Fsp3) is 0.600. The van der Waals surface area contributed by atoms with Gasteiger partial charge in [-0.2, -0.15) is 13.2 Å². The third-order valence-electron chi connectivity index (χ3n) is 4.24. The zero-order valence-corrected chi connectivity index (χ0v) is 12.3. The van der Waals surface area contributed by atoms with E-state index in [0.29, 0.717) is 6.04 Å². The SMILES string of the molecule is CC1CN(C)C(C)CC1Nc1cc(C(F)(F)F)ccc1F. The molecule has 0 radical (unpaired) electrons. The van der Waals surface area contributed by atoms with Crippen LogP contribution < -0.4 is 5.32 Å². The summed E-state index contributed by atoms with van der Waals surface area (Å²) in [6, 6.07) is 2.77. The second-order valence-electron chi connectivity index (χ2n) is 5.94. The number of alkyl halides is 3. The number of likely N-dealkylation sites (tertiary alicyclic amines) is 1. The molecule has 1 aliphatic rings. The van der Waals surface area contributed by atoms with Gasteiger partial charge in [-0.15, -0.1) is 0 Å². The molecule has 0 aliphatic carbocycles. The molecular formula is C15H20F4N2. The van der Waals surface area contributed by atoms with Gasteiger partial charge in [-0.1, -0.05) is 6.92 Å². The average molecular weight is 304 g/mol. The molecule has 1 aromatic rings. The Labute approximate surface area is 122 Å². The number of hydrogen-bond donors (Lipinski definition) is 1. The molecule has 2 rings (SSSR count). The van der Waals surface area contributed by atoms with Gasteiger partial charge in [-0.25, -0.2) is 4.39 Å². The molecule has 21 heavy (non-hydrogen) atoms. The molecule has 0 spiro atoms. The maximum Gasteiger partial charge on any atom is 0.416 e. The molecule has 1 fully saturated rings. The number of nitrogens with zero attached hydrogens (tertiary/aromatic N) is 1. The quantitative estimate of drug-likeness (QED) is 0.831. The van der Waals surface area contributed by atoms with E-state index in [1.807, 2.05) is 14.0 Å². The van der Waals surface area contributed by atoms with Crippen molar-refractivity contribution in [3.63, 3.8) is 0 Å². The third-order valence-corrected chi connectivity index (χ3v) is 4.24. The van der Waals surface area contributed by atoms with Gasteiger partial charge in [0.2, 0.25) is 0 Å². The van der Waals surface area contributed by atoms with Gasteiger partial charge in [0.1, 0.15) is 5.82 Å². The molecular weight excluding hydrogens is 284 g/mol. The van der Waals surface area contributed by atoms with Crippen LogP contribution in [0.25, 0.3) is 0 Å². The number of benzene rings is 1. The Morgan fingerprint density at radius 3 is 2.52 bits per heavy atom. The van der Waals surface area contributed by atoms with Crippen molar-refractivity contribution in [2.75, 3.05) is 18.9 Å². The molecule has 0 saturated carbocycles. The Morgan fingerprint density at radius 2 is 1.90 bits per heavy atom. The number of anilines is 1. The van der Waals surface area contributed by atoms with Crippen LogP contribution in [0.2, 0.25) is 0 Å². The molecule has 1 heterocycles. The highest BCUT2D eigenvalue weighted by Gasteiger charge is 2.33. The van der Waals surface area contributed by atoms with E-state index in [9.17, 15) is 17.6 Å². The number of halogens is 4. The van der Waals surface area contributed by atoms with Crippen molar-refractivity contribution in [1.82, 2.24) is 4.90 Å². The Bertz CT molecular complexity index is 501. The van der Waals surface area contributed by atoms with Crippen molar-refractivity contribution in [3.8, 4) is 0 Å². The van der Waals surface area contributed by atoms with Gasteiger partial charge < -0.3 is 10.2 Å². The maximum atomic E-state index is 13.8. The van der Waals surface area contributed by atoms with Gasteiger partial charge in [0.25, 0.3) is 0 Å². The summed E-state index contributed by atoms with van der Waals surface area (Å²) in [5.41, 5.74) is -0.904. The molecule has 0 amide bonds. The Morgan fingerprint density at radius 1 is 1.24 bits per heavy atom. The predicted octanol–water partition coefficient (Wildman–Crippen LogP) is 3.99. The van der Waals surface area contributed by atoms with Crippen LogP contribution in [0.4, 0.5) is 23.2 Å². The lowest BCUT2D eigenvalue weighted by Gasteiger charge is -2.40. The largest absolute Gasteiger partial charge is 0.416 e. The molecule has 1 N–H and O–H groups in total. The van der Waals surface area contributed by atoms with Gasteiger partial charge >= 0.3 is 6.18 Å². The molecule has 1 aromatic carbocycles. The Hall–Kier alpha value is -1.30. The summed E-state index contributed by atoms with van der Waals surface area (Å²) in [7, 11) is 2.02. The molecule has 3 unspecified atom stereocenters. The van der Waals surface area contributed by atoms with Crippen molar-refractivity contribution >= 4 is 5.69 Å². The van der Waals surface area contributed by atoms with Crippen LogP contribution in [0, 0.1) is 11.7 Å². The standard InChI is InChI=1S/C15H20F4N2/c1-9-8-21(3)10(2)6-13(9)20-14-7-11(15(17,18)19)4-5-12(14)16/h4-5,7,9-10,13,20H,6,8H2,1-3H3. The number of piperidine rings is 1. The first-order valence-electron chi connectivity index (χ1n) is 7.02. The third kappa shape index (κ3) is 3.67. The van der Waals surface area contributed by atoms with E-state index in [1.165, 1.54) is 0 Å². The summed E-state index contributed by atoms with van der Waals surface area (Å²) < 4.78 is 51.9. The maximum absolute atomic E-state index is 13.8. The van der Waals surface area contributed by atoms with Gasteiger partial charge in [-0.3, -0.25) is 0 Å².